The first-order chi connectivity index (χ1) is 14.5. The molecule has 1 atom stereocenters. The first-order valence-electron chi connectivity index (χ1n) is 9.50. The summed E-state index contributed by atoms with van der Waals surface area (Å²) in [6, 6.07) is 16.1. The van der Waals surface area contributed by atoms with Crippen molar-refractivity contribution in [3.63, 3.8) is 0 Å². The Morgan fingerprint density at radius 3 is 2.70 bits per heavy atom. The fraction of sp³-hybridized carbons (Fsp3) is 0.125. The molecule has 2 aromatic heterocycles. The SMILES string of the molecule is Cc1cc(C)c2nc(Cl)c(C3C(C#N)=C(N)Oc4c3ccc3cccnc43)cc2c1. The van der Waals surface area contributed by atoms with Gasteiger partial charge in [-0.05, 0) is 37.6 Å². The molecule has 0 amide bonds. The average molecular weight is 413 g/mol. The van der Waals surface area contributed by atoms with Crippen LogP contribution in [-0.4, -0.2) is 9.97 Å². The van der Waals surface area contributed by atoms with Crippen LogP contribution in [0.5, 0.6) is 5.75 Å². The molecule has 30 heavy (non-hydrogen) atoms. The molecule has 5 rings (SSSR count). The summed E-state index contributed by atoms with van der Waals surface area (Å²) in [6.07, 6.45) is 1.71. The maximum atomic E-state index is 9.88. The number of hydrogen-bond donors (Lipinski definition) is 1. The minimum Gasteiger partial charge on any atom is -0.438 e. The normalized spacial score (nSPS) is 15.7. The van der Waals surface area contributed by atoms with Crippen LogP contribution in [-0.2, 0) is 0 Å². The maximum Gasteiger partial charge on any atom is 0.205 e. The highest BCUT2D eigenvalue weighted by Crippen LogP contribution is 2.46. The molecule has 5 nitrogen and oxygen atoms in total. The second-order valence-electron chi connectivity index (χ2n) is 7.51. The van der Waals surface area contributed by atoms with E-state index >= 15 is 0 Å². The summed E-state index contributed by atoms with van der Waals surface area (Å²) in [6.45, 7) is 4.05. The van der Waals surface area contributed by atoms with Crippen molar-refractivity contribution in [3.05, 3.63) is 87.5 Å². The van der Waals surface area contributed by atoms with Gasteiger partial charge in [0.2, 0.25) is 5.88 Å². The molecule has 0 radical (unpaired) electrons. The predicted molar refractivity (Wildman–Crippen MR) is 117 cm³/mol. The fourth-order valence-electron chi connectivity index (χ4n) is 4.22. The Labute approximate surface area is 178 Å². The van der Waals surface area contributed by atoms with Crippen molar-refractivity contribution in [3.8, 4) is 11.8 Å². The highest BCUT2D eigenvalue weighted by Gasteiger charge is 2.34. The lowest BCUT2D eigenvalue weighted by atomic mass is 9.83. The van der Waals surface area contributed by atoms with E-state index in [9.17, 15) is 5.26 Å². The van der Waals surface area contributed by atoms with E-state index in [4.69, 9.17) is 22.1 Å². The molecule has 0 saturated heterocycles. The van der Waals surface area contributed by atoms with E-state index in [-0.39, 0.29) is 5.88 Å². The van der Waals surface area contributed by atoms with Crippen molar-refractivity contribution >= 4 is 33.4 Å². The van der Waals surface area contributed by atoms with Crippen LogP contribution in [0.25, 0.3) is 21.8 Å². The van der Waals surface area contributed by atoms with Gasteiger partial charge in [-0.2, -0.15) is 5.26 Å². The van der Waals surface area contributed by atoms with E-state index < -0.39 is 5.92 Å². The molecule has 6 heteroatoms. The van der Waals surface area contributed by atoms with Gasteiger partial charge in [0, 0.05) is 28.1 Å². The Morgan fingerprint density at radius 2 is 1.90 bits per heavy atom. The quantitative estimate of drug-likeness (QED) is 0.430. The molecule has 0 aliphatic carbocycles. The number of aromatic nitrogens is 2. The minimum atomic E-state index is -0.490. The second kappa shape index (κ2) is 6.72. The van der Waals surface area contributed by atoms with Gasteiger partial charge in [0.1, 0.15) is 22.3 Å². The molecule has 1 unspecified atom stereocenters. The number of halogens is 1. The van der Waals surface area contributed by atoms with E-state index in [1.165, 1.54) is 0 Å². The summed E-state index contributed by atoms with van der Waals surface area (Å²) in [5, 5.41) is 12.1. The summed E-state index contributed by atoms with van der Waals surface area (Å²) >= 11 is 6.66. The fourth-order valence-corrected chi connectivity index (χ4v) is 4.47. The second-order valence-corrected chi connectivity index (χ2v) is 7.86. The Morgan fingerprint density at radius 1 is 1.07 bits per heavy atom. The van der Waals surface area contributed by atoms with Crippen molar-refractivity contribution in [2.45, 2.75) is 19.8 Å². The van der Waals surface area contributed by atoms with Gasteiger partial charge in [0.25, 0.3) is 0 Å². The number of ether oxygens (including phenoxy) is 1. The highest BCUT2D eigenvalue weighted by atomic mass is 35.5. The van der Waals surface area contributed by atoms with E-state index in [1.807, 2.05) is 44.2 Å². The van der Waals surface area contributed by atoms with E-state index in [2.05, 4.69) is 28.2 Å². The Balaban J connectivity index is 1.83. The van der Waals surface area contributed by atoms with Crippen LogP contribution in [0.15, 0.2) is 60.1 Å². The van der Waals surface area contributed by atoms with Crippen LogP contribution >= 0.6 is 11.6 Å². The molecule has 0 bridgehead atoms. The smallest absolute Gasteiger partial charge is 0.205 e. The number of aryl methyl sites for hydroxylation is 2. The Kier molecular flexibility index (Phi) is 4.12. The van der Waals surface area contributed by atoms with Crippen LogP contribution in [0, 0.1) is 25.2 Å². The molecular weight excluding hydrogens is 396 g/mol. The van der Waals surface area contributed by atoms with Gasteiger partial charge in [-0.15, -0.1) is 0 Å². The maximum absolute atomic E-state index is 9.88. The number of pyridine rings is 2. The summed E-state index contributed by atoms with van der Waals surface area (Å²) in [5.74, 6) is 0.117. The van der Waals surface area contributed by atoms with Crippen LogP contribution in [0.2, 0.25) is 5.15 Å². The standard InChI is InChI=1S/C24H17ClN4O/c1-12-8-13(2)20-15(9-12)10-17(23(25)29-20)19-16-6-5-14-4-3-7-28-21(14)22(16)30-24(27)18(19)11-26/h3-10,19H,27H2,1-2H3. The van der Waals surface area contributed by atoms with Crippen LogP contribution in [0.4, 0.5) is 0 Å². The number of benzene rings is 2. The highest BCUT2D eigenvalue weighted by molar-refractivity contribution is 6.30. The van der Waals surface area contributed by atoms with Crippen molar-refractivity contribution in [1.29, 1.82) is 5.26 Å². The lowest BCUT2D eigenvalue weighted by molar-refractivity contribution is 0.397. The molecule has 2 aromatic carbocycles. The van der Waals surface area contributed by atoms with Crippen molar-refractivity contribution < 1.29 is 4.74 Å². The number of nitriles is 1. The summed E-state index contributed by atoms with van der Waals surface area (Å²) in [5.41, 5.74) is 11.7. The van der Waals surface area contributed by atoms with E-state index in [1.54, 1.807) is 6.20 Å². The number of nitrogens with zero attached hydrogens (tertiary/aromatic N) is 3. The third kappa shape index (κ3) is 2.69. The molecule has 146 valence electrons. The molecule has 3 heterocycles. The van der Waals surface area contributed by atoms with Crippen molar-refractivity contribution in [2.75, 3.05) is 0 Å². The number of hydrogen-bond acceptors (Lipinski definition) is 5. The lowest BCUT2D eigenvalue weighted by Gasteiger charge is -2.27. The Hall–Kier alpha value is -3.62. The lowest BCUT2D eigenvalue weighted by Crippen LogP contribution is -2.21. The van der Waals surface area contributed by atoms with Gasteiger partial charge >= 0.3 is 0 Å². The van der Waals surface area contributed by atoms with Crippen LogP contribution in [0.3, 0.4) is 0 Å². The van der Waals surface area contributed by atoms with Crippen molar-refractivity contribution in [1.82, 2.24) is 9.97 Å². The summed E-state index contributed by atoms with van der Waals surface area (Å²) in [7, 11) is 0. The first-order valence-corrected chi connectivity index (χ1v) is 9.88. The first kappa shape index (κ1) is 18.4. The predicted octanol–water partition coefficient (Wildman–Crippen LogP) is 5.27. The zero-order valence-electron chi connectivity index (χ0n) is 16.4. The zero-order chi connectivity index (χ0) is 21.0. The largest absolute Gasteiger partial charge is 0.438 e. The number of nitrogens with two attached hydrogens (primary N) is 1. The van der Waals surface area contributed by atoms with Crippen molar-refractivity contribution in [2.24, 2.45) is 5.73 Å². The van der Waals surface area contributed by atoms with Gasteiger partial charge in [-0.1, -0.05) is 41.4 Å². The Bertz CT molecular complexity index is 1440. The molecule has 0 fully saturated rings. The minimum absolute atomic E-state index is 0.0599. The summed E-state index contributed by atoms with van der Waals surface area (Å²) in [4.78, 5) is 9.13. The van der Waals surface area contributed by atoms with E-state index in [0.717, 1.165) is 33.0 Å². The van der Waals surface area contributed by atoms with Crippen LogP contribution < -0.4 is 10.5 Å². The molecule has 2 N–H and O–H groups in total. The molecule has 0 spiro atoms. The molecule has 1 aliphatic heterocycles. The van der Waals surface area contributed by atoms with Gasteiger partial charge in [-0.25, -0.2) is 4.98 Å². The third-order valence-corrected chi connectivity index (χ3v) is 5.80. The topological polar surface area (TPSA) is 84.8 Å². The molecule has 0 saturated carbocycles. The average Bonchev–Trinajstić information content (AvgIpc) is 2.73. The van der Waals surface area contributed by atoms with Gasteiger partial charge in [0.05, 0.1) is 11.4 Å². The van der Waals surface area contributed by atoms with Crippen LogP contribution in [0.1, 0.15) is 28.2 Å². The summed E-state index contributed by atoms with van der Waals surface area (Å²) < 4.78 is 5.87. The van der Waals surface area contributed by atoms with E-state index in [0.29, 0.717) is 27.6 Å². The molecule has 4 aromatic rings. The molecular formula is C24H17ClN4O. The number of rotatable bonds is 1. The van der Waals surface area contributed by atoms with Gasteiger partial charge in [-0.3, -0.25) is 4.98 Å². The van der Waals surface area contributed by atoms with Gasteiger partial charge < -0.3 is 10.5 Å². The zero-order valence-corrected chi connectivity index (χ0v) is 17.2. The third-order valence-electron chi connectivity index (χ3n) is 5.50. The number of fused-ring (bicyclic) bond motifs is 4. The monoisotopic (exact) mass is 412 g/mol. The molecule has 1 aliphatic rings. The van der Waals surface area contributed by atoms with Gasteiger partial charge in [0.15, 0.2) is 5.75 Å². The number of allylic oxidation sites excluding steroid dienone is 1.